The van der Waals surface area contributed by atoms with Gasteiger partial charge in [-0.05, 0) is 54.2 Å². The Hall–Kier alpha value is -4.80. The van der Waals surface area contributed by atoms with Gasteiger partial charge in [0.15, 0.2) is 0 Å². The van der Waals surface area contributed by atoms with Crippen LogP contribution in [0.25, 0.3) is 10.8 Å². The fourth-order valence-corrected chi connectivity index (χ4v) is 8.06. The molecule has 2 N–H and O–H groups in total. The maximum atomic E-state index is 14.9. The first-order valence-corrected chi connectivity index (χ1v) is 17.4. The highest BCUT2D eigenvalue weighted by Gasteiger charge is 2.75. The van der Waals surface area contributed by atoms with Gasteiger partial charge in [-0.3, -0.25) is 19.2 Å². The first-order valence-electron chi connectivity index (χ1n) is 17.4. The Morgan fingerprint density at radius 3 is 2.52 bits per heavy atom. The van der Waals surface area contributed by atoms with Crippen molar-refractivity contribution >= 4 is 40.2 Å². The monoisotopic (exact) mass is 679 g/mol. The number of hydrogen-bond acceptors (Lipinski definition) is 7. The van der Waals surface area contributed by atoms with Crippen LogP contribution in [0.5, 0.6) is 0 Å². The molecular formula is C40H45N3O7. The second kappa shape index (κ2) is 15.0. The lowest BCUT2D eigenvalue weighted by Gasteiger charge is -2.39. The average Bonchev–Trinajstić information content (AvgIpc) is 3.79. The van der Waals surface area contributed by atoms with Gasteiger partial charge < -0.3 is 29.7 Å². The molecule has 3 aliphatic heterocycles. The number of allylic oxidation sites excluding steroid dienone is 1. The summed E-state index contributed by atoms with van der Waals surface area (Å²) in [5, 5.41) is 15.5. The zero-order chi connectivity index (χ0) is 35.4. The maximum Gasteiger partial charge on any atom is 0.306 e. The number of rotatable bonds is 15. The van der Waals surface area contributed by atoms with Crippen molar-refractivity contribution in [1.82, 2.24) is 10.2 Å². The number of carbonyl (C=O) groups excluding carboxylic acids is 4. The van der Waals surface area contributed by atoms with Gasteiger partial charge in [0.25, 0.3) is 5.91 Å². The molecule has 3 aromatic rings. The molecule has 3 aliphatic rings. The van der Waals surface area contributed by atoms with Crippen molar-refractivity contribution in [2.24, 2.45) is 11.8 Å². The van der Waals surface area contributed by atoms with Crippen LogP contribution in [0.15, 0.2) is 98.1 Å². The number of esters is 1. The second-order valence-electron chi connectivity index (χ2n) is 13.3. The van der Waals surface area contributed by atoms with Crippen molar-refractivity contribution in [2.45, 2.75) is 68.9 Å². The quantitative estimate of drug-likeness (QED) is 0.174. The van der Waals surface area contributed by atoms with E-state index in [1.807, 2.05) is 79.7 Å². The van der Waals surface area contributed by atoms with Gasteiger partial charge in [0.1, 0.15) is 18.2 Å². The summed E-state index contributed by atoms with van der Waals surface area (Å²) in [6, 6.07) is 20.4. The summed E-state index contributed by atoms with van der Waals surface area (Å²) in [6.45, 7) is 9.16. The number of nitrogens with zero attached hydrogens (tertiary/aromatic N) is 2. The van der Waals surface area contributed by atoms with Gasteiger partial charge in [-0.2, -0.15) is 0 Å². The Kier molecular flexibility index (Phi) is 10.5. The predicted molar refractivity (Wildman–Crippen MR) is 190 cm³/mol. The number of anilines is 1. The number of aliphatic hydroxyl groups excluding tert-OH is 1. The third-order valence-electron chi connectivity index (χ3n) is 10.5. The van der Waals surface area contributed by atoms with Crippen molar-refractivity contribution in [3.05, 3.63) is 104 Å². The fourth-order valence-electron chi connectivity index (χ4n) is 8.06. The smallest absolute Gasteiger partial charge is 0.306 e. The Morgan fingerprint density at radius 1 is 1.08 bits per heavy atom. The highest BCUT2D eigenvalue weighted by atomic mass is 16.5. The predicted octanol–water partition coefficient (Wildman–Crippen LogP) is 4.87. The van der Waals surface area contributed by atoms with Crippen molar-refractivity contribution in [3.8, 4) is 0 Å². The van der Waals surface area contributed by atoms with Crippen molar-refractivity contribution in [1.29, 1.82) is 0 Å². The van der Waals surface area contributed by atoms with E-state index in [1.54, 1.807) is 17.1 Å². The highest BCUT2D eigenvalue weighted by molar-refractivity contribution is 6.06. The molecule has 3 aromatic carbocycles. The number of ether oxygens (including phenoxy) is 2. The van der Waals surface area contributed by atoms with E-state index in [0.717, 1.165) is 16.3 Å². The number of benzene rings is 3. The summed E-state index contributed by atoms with van der Waals surface area (Å²) in [5.74, 6) is -3.37. The third kappa shape index (κ3) is 6.33. The zero-order valence-corrected chi connectivity index (χ0v) is 28.4. The molecule has 6 rings (SSSR count). The van der Waals surface area contributed by atoms with E-state index < -0.39 is 53.5 Å². The molecular weight excluding hydrogens is 634 g/mol. The average molecular weight is 680 g/mol. The van der Waals surface area contributed by atoms with Crippen molar-refractivity contribution < 1.29 is 33.8 Å². The van der Waals surface area contributed by atoms with E-state index in [-0.39, 0.29) is 38.0 Å². The molecule has 10 heteroatoms. The summed E-state index contributed by atoms with van der Waals surface area (Å²) in [7, 11) is 0. The van der Waals surface area contributed by atoms with Crippen LogP contribution in [0, 0.1) is 11.8 Å². The molecule has 3 amide bonds. The molecule has 2 bridgehead atoms. The summed E-state index contributed by atoms with van der Waals surface area (Å²) < 4.78 is 12.2. The SMILES string of the molecule is C=CCCC(=O)OC[C@H](NC(=O)[C@@H]1[C@@H]2CC[C@]3(O2)[C@H](C(=O)N(CC=C)c2ccc4ccccc4c2)N([C@@H](CC)CO)C(=O)[C@@H]13)c1ccccc1. The van der Waals surface area contributed by atoms with E-state index in [4.69, 9.17) is 9.47 Å². The maximum absolute atomic E-state index is 14.9. The van der Waals surface area contributed by atoms with E-state index in [0.29, 0.717) is 31.4 Å². The summed E-state index contributed by atoms with van der Waals surface area (Å²) in [5.41, 5.74) is 0.123. The Labute approximate surface area is 292 Å². The van der Waals surface area contributed by atoms with Crippen LogP contribution in [0.4, 0.5) is 5.69 Å². The third-order valence-corrected chi connectivity index (χ3v) is 10.5. The molecule has 0 saturated carbocycles. The normalized spacial score (nSPS) is 24.8. The minimum atomic E-state index is -1.26. The molecule has 3 saturated heterocycles. The molecule has 3 fully saturated rings. The first kappa shape index (κ1) is 35.0. The minimum Gasteiger partial charge on any atom is -0.463 e. The molecule has 262 valence electrons. The Balaban J connectivity index is 1.33. The molecule has 7 atom stereocenters. The lowest BCUT2D eigenvalue weighted by molar-refractivity contribution is -0.146. The summed E-state index contributed by atoms with van der Waals surface area (Å²) in [4.78, 5) is 59.3. The molecule has 1 spiro atoms. The minimum absolute atomic E-state index is 0.0916. The number of aliphatic hydroxyl groups is 1. The molecule has 10 nitrogen and oxygen atoms in total. The van der Waals surface area contributed by atoms with Crippen LogP contribution in [0.3, 0.4) is 0 Å². The van der Waals surface area contributed by atoms with Gasteiger partial charge >= 0.3 is 5.97 Å². The van der Waals surface area contributed by atoms with Crippen LogP contribution in [-0.2, 0) is 28.7 Å². The van der Waals surface area contributed by atoms with Crippen LogP contribution in [0.2, 0.25) is 0 Å². The largest absolute Gasteiger partial charge is 0.463 e. The Morgan fingerprint density at radius 2 is 1.82 bits per heavy atom. The molecule has 0 unspecified atom stereocenters. The van der Waals surface area contributed by atoms with Gasteiger partial charge in [0, 0.05) is 18.7 Å². The molecule has 0 aliphatic carbocycles. The van der Waals surface area contributed by atoms with Crippen LogP contribution in [-0.4, -0.2) is 77.2 Å². The summed E-state index contributed by atoms with van der Waals surface area (Å²) >= 11 is 0. The second-order valence-corrected chi connectivity index (χ2v) is 13.3. The lowest BCUT2D eigenvalue weighted by Crippen LogP contribution is -2.59. The Bertz CT molecular complexity index is 1760. The molecule has 3 heterocycles. The van der Waals surface area contributed by atoms with Gasteiger partial charge in [0.2, 0.25) is 11.8 Å². The number of carbonyl (C=O) groups is 4. The van der Waals surface area contributed by atoms with Gasteiger partial charge in [-0.15, -0.1) is 13.2 Å². The number of nitrogens with one attached hydrogen (secondary N) is 1. The van der Waals surface area contributed by atoms with Gasteiger partial charge in [0.05, 0.1) is 36.6 Å². The van der Waals surface area contributed by atoms with Crippen LogP contribution >= 0.6 is 0 Å². The standard InChI is InChI=1S/C40H45N3O7/c1-4-7-17-33(45)49-25-31(27-14-9-8-10-15-27)41-37(46)34-32-20-21-40(50-32)35(34)38(47)43(29(6-3)24-44)36(40)39(48)42(22-5-2)30-19-18-26-13-11-12-16-28(26)23-30/h4-5,8-16,18-19,23,29,31-32,34-36,44H,1-2,6-7,17,20-22,24-25H2,3H3,(H,41,46)/t29-,31-,32-,34+,35+,36-,40+/m0/s1. The number of hydrogen-bond donors (Lipinski definition) is 2. The first-order chi connectivity index (χ1) is 24.3. The highest BCUT2D eigenvalue weighted by Crippen LogP contribution is 2.59. The van der Waals surface area contributed by atoms with Gasteiger partial charge in [-0.1, -0.05) is 79.7 Å². The van der Waals surface area contributed by atoms with Crippen molar-refractivity contribution in [3.63, 3.8) is 0 Å². The van der Waals surface area contributed by atoms with E-state index >= 15 is 0 Å². The molecule has 0 radical (unpaired) electrons. The number of fused-ring (bicyclic) bond motifs is 2. The summed E-state index contributed by atoms with van der Waals surface area (Å²) in [6.07, 6.45) is 4.64. The van der Waals surface area contributed by atoms with E-state index in [9.17, 15) is 24.3 Å². The zero-order valence-electron chi connectivity index (χ0n) is 28.4. The van der Waals surface area contributed by atoms with E-state index in [1.165, 1.54) is 4.90 Å². The number of likely N-dealkylation sites (tertiary alicyclic amines) is 1. The fraction of sp³-hybridized carbons (Fsp3) is 0.400. The lowest BCUT2D eigenvalue weighted by atomic mass is 9.70. The van der Waals surface area contributed by atoms with Crippen molar-refractivity contribution in [2.75, 3.05) is 24.7 Å². The van der Waals surface area contributed by atoms with E-state index in [2.05, 4.69) is 18.5 Å². The number of amides is 3. The van der Waals surface area contributed by atoms with Gasteiger partial charge in [-0.25, -0.2) is 0 Å². The van der Waals surface area contributed by atoms with Crippen LogP contribution < -0.4 is 10.2 Å². The van der Waals surface area contributed by atoms with Crippen LogP contribution in [0.1, 0.15) is 50.6 Å². The molecule has 50 heavy (non-hydrogen) atoms. The topological polar surface area (TPSA) is 125 Å². The molecule has 0 aromatic heterocycles.